The molecule has 0 aliphatic heterocycles. The van der Waals surface area contributed by atoms with Crippen molar-refractivity contribution in [3.8, 4) is 5.69 Å². The summed E-state index contributed by atoms with van der Waals surface area (Å²) in [5.41, 5.74) is 3.39. The Morgan fingerprint density at radius 3 is 2.48 bits per heavy atom. The number of para-hydroxylation sites is 1. The minimum atomic E-state index is -0.436. The van der Waals surface area contributed by atoms with Crippen LogP contribution in [0.25, 0.3) is 26.3 Å². The van der Waals surface area contributed by atoms with Crippen molar-refractivity contribution in [3.63, 3.8) is 0 Å². The maximum Gasteiger partial charge on any atom is 0.269 e. The van der Waals surface area contributed by atoms with Gasteiger partial charge in [0, 0.05) is 36.4 Å². The predicted octanol–water partition coefficient (Wildman–Crippen LogP) is 4.17. The number of hydrogen-bond donors (Lipinski definition) is 0. The molecule has 3 heterocycles. The summed E-state index contributed by atoms with van der Waals surface area (Å²) in [6.07, 6.45) is 5.27. The predicted molar refractivity (Wildman–Crippen MR) is 110 cm³/mol. The molecule has 5 rings (SSSR count). The normalized spacial score (nSPS) is 11.9. The van der Waals surface area contributed by atoms with E-state index < -0.39 is 4.92 Å². The molecule has 140 valence electrons. The molecule has 5 aromatic rings. The summed E-state index contributed by atoms with van der Waals surface area (Å²) in [5.74, 6) is 0. The number of thiophene rings is 1. The van der Waals surface area contributed by atoms with Crippen LogP contribution in [0.5, 0.6) is 0 Å². The number of rotatable bonds is 3. The smallest absolute Gasteiger partial charge is 0.269 e. The molecule has 0 fully saturated rings. The number of non-ortho nitro benzene ring substituents is 1. The van der Waals surface area contributed by atoms with Crippen molar-refractivity contribution in [2.45, 2.75) is 0 Å². The molecule has 8 nitrogen and oxygen atoms in total. The summed E-state index contributed by atoms with van der Waals surface area (Å²) in [4.78, 5) is 29.5. The van der Waals surface area contributed by atoms with Crippen LogP contribution in [0.3, 0.4) is 0 Å². The number of aromatic nitrogens is 4. The Hall–Kier alpha value is -3.98. The summed E-state index contributed by atoms with van der Waals surface area (Å²) in [5, 5.41) is 10.9. The second-order valence-electron chi connectivity index (χ2n) is 6.16. The van der Waals surface area contributed by atoms with Crippen LogP contribution in [0.1, 0.15) is 0 Å². The van der Waals surface area contributed by atoms with Crippen molar-refractivity contribution in [1.82, 2.24) is 19.5 Å². The zero-order valence-electron chi connectivity index (χ0n) is 14.8. The fourth-order valence-electron chi connectivity index (χ4n) is 2.98. The average Bonchev–Trinajstić information content (AvgIpc) is 3.12. The standard InChI is InChI=1S/C20H12N6O2S/c27-26(28)15-8-6-13(7-9-15)23-20-24-17-16(29-19-18(17)21-10-11-22-19)12-25(20)14-4-2-1-3-5-14/h1-12H. The van der Waals surface area contributed by atoms with Crippen LogP contribution in [0.4, 0.5) is 11.4 Å². The van der Waals surface area contributed by atoms with Crippen LogP contribution in [-0.2, 0) is 0 Å². The topological polar surface area (TPSA) is 99.1 Å². The molecule has 0 amide bonds. The maximum atomic E-state index is 10.9. The van der Waals surface area contributed by atoms with Crippen LogP contribution in [0.2, 0.25) is 0 Å². The van der Waals surface area contributed by atoms with E-state index in [0.29, 0.717) is 11.3 Å². The van der Waals surface area contributed by atoms with E-state index in [1.54, 1.807) is 24.5 Å². The first-order chi connectivity index (χ1) is 14.2. The summed E-state index contributed by atoms with van der Waals surface area (Å²) in [7, 11) is 0. The van der Waals surface area contributed by atoms with Gasteiger partial charge in [-0.2, -0.15) is 0 Å². The first kappa shape index (κ1) is 17.1. The van der Waals surface area contributed by atoms with E-state index in [1.807, 2.05) is 41.1 Å². The lowest BCUT2D eigenvalue weighted by Crippen LogP contribution is -2.22. The third-order valence-corrected chi connectivity index (χ3v) is 5.34. The van der Waals surface area contributed by atoms with Crippen molar-refractivity contribution in [2.24, 2.45) is 4.99 Å². The first-order valence-corrected chi connectivity index (χ1v) is 9.48. The lowest BCUT2D eigenvalue weighted by Gasteiger charge is -2.07. The van der Waals surface area contributed by atoms with Crippen LogP contribution < -0.4 is 5.62 Å². The van der Waals surface area contributed by atoms with Gasteiger partial charge in [-0.3, -0.25) is 14.7 Å². The molecule has 0 radical (unpaired) electrons. The summed E-state index contributed by atoms with van der Waals surface area (Å²) < 4.78 is 2.83. The van der Waals surface area contributed by atoms with Gasteiger partial charge in [0.05, 0.1) is 15.3 Å². The molecular formula is C20H12N6O2S. The number of hydrogen-bond acceptors (Lipinski definition) is 7. The number of nitro groups is 1. The van der Waals surface area contributed by atoms with E-state index in [0.717, 1.165) is 26.3 Å². The molecule has 29 heavy (non-hydrogen) atoms. The van der Waals surface area contributed by atoms with Crippen LogP contribution in [0, 0.1) is 10.1 Å². The highest BCUT2D eigenvalue weighted by Gasteiger charge is 2.12. The molecule has 0 spiro atoms. The lowest BCUT2D eigenvalue weighted by molar-refractivity contribution is -0.384. The molecule has 0 saturated carbocycles. The van der Waals surface area contributed by atoms with Gasteiger partial charge in [0.1, 0.15) is 15.9 Å². The third kappa shape index (κ3) is 3.13. The van der Waals surface area contributed by atoms with Crippen molar-refractivity contribution >= 4 is 43.3 Å². The molecule has 0 atom stereocenters. The molecule has 0 bridgehead atoms. The largest absolute Gasteiger partial charge is 0.284 e. The van der Waals surface area contributed by atoms with Crippen molar-refractivity contribution in [2.75, 3.05) is 0 Å². The summed E-state index contributed by atoms with van der Waals surface area (Å²) >= 11 is 1.52. The number of benzene rings is 2. The Balaban J connectivity index is 1.79. The van der Waals surface area contributed by atoms with E-state index in [9.17, 15) is 10.1 Å². The summed E-state index contributed by atoms with van der Waals surface area (Å²) in [6, 6.07) is 15.8. The van der Waals surface area contributed by atoms with Crippen LogP contribution in [0.15, 0.2) is 78.2 Å². The molecule has 0 aliphatic rings. The Morgan fingerprint density at radius 1 is 0.966 bits per heavy atom. The van der Waals surface area contributed by atoms with Crippen LogP contribution >= 0.6 is 11.3 Å². The lowest BCUT2D eigenvalue weighted by atomic mass is 10.3. The Morgan fingerprint density at radius 2 is 1.72 bits per heavy atom. The SMILES string of the molecule is O=[N+]([O-])c1ccc(N=c2nc3c(cn2-c2ccccc2)sc2nccnc23)cc1. The molecule has 0 aliphatic carbocycles. The highest BCUT2D eigenvalue weighted by molar-refractivity contribution is 7.25. The molecule has 0 unspecified atom stereocenters. The molecular weight excluding hydrogens is 388 g/mol. The average molecular weight is 400 g/mol. The van der Waals surface area contributed by atoms with E-state index in [2.05, 4.69) is 15.0 Å². The van der Waals surface area contributed by atoms with Gasteiger partial charge in [-0.25, -0.2) is 19.9 Å². The number of nitro benzene ring substituents is 1. The first-order valence-electron chi connectivity index (χ1n) is 8.66. The molecule has 0 saturated heterocycles. The van der Waals surface area contributed by atoms with Gasteiger partial charge in [0.15, 0.2) is 0 Å². The fourth-order valence-corrected chi connectivity index (χ4v) is 3.94. The van der Waals surface area contributed by atoms with E-state index in [-0.39, 0.29) is 5.69 Å². The van der Waals surface area contributed by atoms with E-state index in [4.69, 9.17) is 4.98 Å². The Bertz CT molecular complexity index is 1420. The van der Waals surface area contributed by atoms with Gasteiger partial charge in [0.25, 0.3) is 5.69 Å². The molecule has 2 aromatic carbocycles. The van der Waals surface area contributed by atoms with Crippen molar-refractivity contribution in [1.29, 1.82) is 0 Å². The minimum absolute atomic E-state index is 0.0161. The number of fused-ring (bicyclic) bond motifs is 3. The van der Waals surface area contributed by atoms with E-state index >= 15 is 0 Å². The molecule has 9 heteroatoms. The summed E-state index contributed by atoms with van der Waals surface area (Å²) in [6.45, 7) is 0. The monoisotopic (exact) mass is 400 g/mol. The van der Waals surface area contributed by atoms with E-state index in [1.165, 1.54) is 23.5 Å². The maximum absolute atomic E-state index is 10.9. The van der Waals surface area contributed by atoms with Crippen LogP contribution in [-0.4, -0.2) is 24.4 Å². The Labute approximate surface area is 167 Å². The second-order valence-corrected chi connectivity index (χ2v) is 7.19. The van der Waals surface area contributed by atoms with Gasteiger partial charge < -0.3 is 0 Å². The zero-order chi connectivity index (χ0) is 19.8. The highest BCUT2D eigenvalue weighted by Crippen LogP contribution is 2.28. The van der Waals surface area contributed by atoms with Gasteiger partial charge in [-0.05, 0) is 24.3 Å². The van der Waals surface area contributed by atoms with Crippen molar-refractivity contribution in [3.05, 3.63) is 88.9 Å². The second kappa shape index (κ2) is 6.88. The minimum Gasteiger partial charge on any atom is -0.284 e. The molecule has 0 N–H and O–H groups in total. The Kier molecular flexibility index (Phi) is 4.07. The third-order valence-electron chi connectivity index (χ3n) is 4.33. The van der Waals surface area contributed by atoms with Gasteiger partial charge in [-0.1, -0.05) is 18.2 Å². The highest BCUT2D eigenvalue weighted by atomic mass is 32.1. The number of nitrogens with zero attached hydrogens (tertiary/aromatic N) is 6. The zero-order valence-corrected chi connectivity index (χ0v) is 15.7. The van der Waals surface area contributed by atoms with Gasteiger partial charge in [-0.15, -0.1) is 11.3 Å². The molecule has 3 aromatic heterocycles. The quantitative estimate of drug-likeness (QED) is 0.334. The fraction of sp³-hybridized carbons (Fsp3) is 0. The van der Waals surface area contributed by atoms with Gasteiger partial charge in [0.2, 0.25) is 5.62 Å². The van der Waals surface area contributed by atoms with Gasteiger partial charge >= 0.3 is 0 Å². The van der Waals surface area contributed by atoms with Crippen molar-refractivity contribution < 1.29 is 4.92 Å².